The molecule has 100 valence electrons. The van der Waals surface area contributed by atoms with Crippen molar-refractivity contribution in [3.05, 3.63) is 17.7 Å². The molecule has 0 bridgehead atoms. The smallest absolute Gasteiger partial charge is 0.355 e. The minimum absolute atomic E-state index is 0.0465. The number of thioether (sulfide) groups is 1. The molecule has 1 unspecified atom stereocenters. The molecule has 0 saturated heterocycles. The SMILES string of the molecule is CC(C)c1ncc(SCC(O)CO)c(C(=O)O)n1. The van der Waals surface area contributed by atoms with Crippen molar-refractivity contribution in [3.63, 3.8) is 0 Å². The van der Waals surface area contributed by atoms with E-state index in [4.69, 9.17) is 10.2 Å². The Labute approximate surface area is 109 Å². The number of aliphatic hydroxyl groups excluding tert-OH is 2. The largest absolute Gasteiger partial charge is 0.476 e. The van der Waals surface area contributed by atoms with Gasteiger partial charge < -0.3 is 15.3 Å². The van der Waals surface area contributed by atoms with Crippen LogP contribution in [0.3, 0.4) is 0 Å². The van der Waals surface area contributed by atoms with Crippen molar-refractivity contribution in [2.45, 2.75) is 30.8 Å². The summed E-state index contributed by atoms with van der Waals surface area (Å²) in [5.41, 5.74) is -0.0659. The molecule has 7 heteroatoms. The Balaban J connectivity index is 2.93. The first-order valence-corrected chi connectivity index (χ1v) is 6.46. The third kappa shape index (κ3) is 3.94. The van der Waals surface area contributed by atoms with Crippen LogP contribution in [0.25, 0.3) is 0 Å². The summed E-state index contributed by atoms with van der Waals surface area (Å²) in [6, 6.07) is 0. The fourth-order valence-corrected chi connectivity index (χ4v) is 2.03. The van der Waals surface area contributed by atoms with E-state index in [1.165, 1.54) is 6.20 Å². The van der Waals surface area contributed by atoms with E-state index < -0.39 is 12.1 Å². The molecule has 0 radical (unpaired) electrons. The average Bonchev–Trinajstić information content (AvgIpc) is 2.35. The van der Waals surface area contributed by atoms with Crippen molar-refractivity contribution < 1.29 is 20.1 Å². The topological polar surface area (TPSA) is 104 Å². The zero-order valence-electron chi connectivity index (χ0n) is 10.2. The number of nitrogens with zero attached hydrogens (tertiary/aromatic N) is 2. The molecular weight excluding hydrogens is 256 g/mol. The van der Waals surface area contributed by atoms with Crippen LogP contribution in [0.15, 0.2) is 11.1 Å². The highest BCUT2D eigenvalue weighted by molar-refractivity contribution is 7.99. The average molecular weight is 272 g/mol. The van der Waals surface area contributed by atoms with Gasteiger partial charge in [-0.25, -0.2) is 14.8 Å². The van der Waals surface area contributed by atoms with Crippen LogP contribution in [0.5, 0.6) is 0 Å². The summed E-state index contributed by atoms with van der Waals surface area (Å²) in [5.74, 6) is -0.411. The Morgan fingerprint density at radius 3 is 2.67 bits per heavy atom. The first kappa shape index (κ1) is 14.9. The first-order chi connectivity index (χ1) is 8.45. The molecule has 0 aromatic carbocycles. The van der Waals surface area contributed by atoms with E-state index in [-0.39, 0.29) is 24.0 Å². The summed E-state index contributed by atoms with van der Waals surface area (Å²) in [4.78, 5) is 19.6. The van der Waals surface area contributed by atoms with E-state index in [1.807, 2.05) is 13.8 Å². The fourth-order valence-electron chi connectivity index (χ4n) is 1.16. The van der Waals surface area contributed by atoms with Crippen LogP contribution >= 0.6 is 11.8 Å². The number of aromatic nitrogens is 2. The minimum Gasteiger partial charge on any atom is -0.476 e. The minimum atomic E-state index is -1.12. The number of carbonyl (C=O) groups is 1. The molecule has 0 amide bonds. The Hall–Kier alpha value is -1.18. The van der Waals surface area contributed by atoms with Crippen molar-refractivity contribution in [2.75, 3.05) is 12.4 Å². The van der Waals surface area contributed by atoms with Gasteiger partial charge in [0.15, 0.2) is 5.69 Å². The first-order valence-electron chi connectivity index (χ1n) is 5.47. The van der Waals surface area contributed by atoms with Gasteiger partial charge in [-0.2, -0.15) is 0 Å². The predicted molar refractivity (Wildman–Crippen MR) is 66.9 cm³/mol. The van der Waals surface area contributed by atoms with Crippen LogP contribution in [0.2, 0.25) is 0 Å². The number of hydrogen-bond donors (Lipinski definition) is 3. The van der Waals surface area contributed by atoms with Crippen LogP contribution in [0, 0.1) is 0 Å². The van der Waals surface area contributed by atoms with Gasteiger partial charge in [-0.3, -0.25) is 0 Å². The molecule has 0 aliphatic carbocycles. The van der Waals surface area contributed by atoms with Crippen LogP contribution in [-0.2, 0) is 0 Å². The molecular formula is C11H16N2O4S. The molecule has 3 N–H and O–H groups in total. The second kappa shape index (κ2) is 6.67. The van der Waals surface area contributed by atoms with Crippen molar-refractivity contribution in [2.24, 2.45) is 0 Å². The van der Waals surface area contributed by atoms with Crippen molar-refractivity contribution in [1.82, 2.24) is 9.97 Å². The van der Waals surface area contributed by atoms with E-state index in [0.29, 0.717) is 10.7 Å². The van der Waals surface area contributed by atoms with Gasteiger partial charge in [0.05, 0.1) is 17.6 Å². The highest BCUT2D eigenvalue weighted by Gasteiger charge is 2.16. The monoisotopic (exact) mass is 272 g/mol. The van der Waals surface area contributed by atoms with E-state index in [0.717, 1.165) is 11.8 Å². The lowest BCUT2D eigenvalue weighted by atomic mass is 10.2. The van der Waals surface area contributed by atoms with Crippen molar-refractivity contribution in [3.8, 4) is 0 Å². The summed E-state index contributed by atoms with van der Waals surface area (Å²) in [6.07, 6.45) is 0.557. The molecule has 1 rings (SSSR count). The lowest BCUT2D eigenvalue weighted by Crippen LogP contribution is -2.15. The maximum Gasteiger partial charge on any atom is 0.355 e. The predicted octanol–water partition coefficient (Wildman–Crippen LogP) is 0.743. The fraction of sp³-hybridized carbons (Fsp3) is 0.545. The molecule has 0 spiro atoms. The van der Waals surface area contributed by atoms with Crippen molar-refractivity contribution >= 4 is 17.7 Å². The normalized spacial score (nSPS) is 12.7. The number of carboxylic acid groups (broad SMARTS) is 1. The summed E-state index contributed by atoms with van der Waals surface area (Å²) in [6.45, 7) is 3.40. The van der Waals surface area contributed by atoms with E-state index >= 15 is 0 Å². The van der Waals surface area contributed by atoms with Gasteiger partial charge in [-0.05, 0) is 0 Å². The zero-order valence-corrected chi connectivity index (χ0v) is 11.0. The number of hydrogen-bond acceptors (Lipinski definition) is 6. The van der Waals surface area contributed by atoms with Gasteiger partial charge in [0, 0.05) is 17.9 Å². The molecule has 0 fully saturated rings. The second-order valence-electron chi connectivity index (χ2n) is 4.05. The summed E-state index contributed by atoms with van der Waals surface area (Å²) < 4.78 is 0. The van der Waals surface area contributed by atoms with E-state index in [2.05, 4.69) is 9.97 Å². The molecule has 18 heavy (non-hydrogen) atoms. The molecule has 0 aliphatic heterocycles. The van der Waals surface area contributed by atoms with Gasteiger partial charge in [0.1, 0.15) is 5.82 Å². The molecule has 1 heterocycles. The summed E-state index contributed by atoms with van der Waals surface area (Å²) >= 11 is 1.11. The molecule has 1 aromatic heterocycles. The van der Waals surface area contributed by atoms with Gasteiger partial charge in [0.25, 0.3) is 0 Å². The number of rotatable bonds is 6. The Kier molecular flexibility index (Phi) is 5.52. The van der Waals surface area contributed by atoms with Gasteiger partial charge in [-0.15, -0.1) is 11.8 Å². The number of aromatic carboxylic acids is 1. The Morgan fingerprint density at radius 2 is 2.17 bits per heavy atom. The second-order valence-corrected chi connectivity index (χ2v) is 5.11. The Bertz CT molecular complexity index is 426. The third-order valence-electron chi connectivity index (χ3n) is 2.13. The molecule has 1 aromatic rings. The standard InChI is InChI=1S/C11H16N2O4S/c1-6(2)10-12-3-8(9(13-10)11(16)17)18-5-7(15)4-14/h3,6-7,14-15H,4-5H2,1-2H3,(H,16,17). The highest BCUT2D eigenvalue weighted by Crippen LogP contribution is 2.23. The maximum absolute atomic E-state index is 11.1. The van der Waals surface area contributed by atoms with Gasteiger partial charge in [-0.1, -0.05) is 13.8 Å². The number of carboxylic acids is 1. The zero-order chi connectivity index (χ0) is 13.7. The lowest BCUT2D eigenvalue weighted by molar-refractivity contribution is 0.0685. The summed E-state index contributed by atoms with van der Waals surface area (Å²) in [5, 5.41) is 27.0. The molecule has 0 aliphatic rings. The van der Waals surface area contributed by atoms with Crippen molar-refractivity contribution in [1.29, 1.82) is 0 Å². The molecule has 0 saturated carbocycles. The van der Waals surface area contributed by atoms with Crippen LogP contribution in [0.4, 0.5) is 0 Å². The van der Waals surface area contributed by atoms with E-state index in [9.17, 15) is 9.90 Å². The molecule has 6 nitrogen and oxygen atoms in total. The number of aliphatic hydroxyl groups is 2. The third-order valence-corrected chi connectivity index (χ3v) is 3.30. The van der Waals surface area contributed by atoms with Gasteiger partial charge >= 0.3 is 5.97 Å². The quantitative estimate of drug-likeness (QED) is 0.656. The molecule has 1 atom stereocenters. The Morgan fingerprint density at radius 1 is 1.50 bits per heavy atom. The van der Waals surface area contributed by atoms with Crippen LogP contribution in [-0.4, -0.2) is 49.7 Å². The van der Waals surface area contributed by atoms with Gasteiger partial charge in [0.2, 0.25) is 0 Å². The van der Waals surface area contributed by atoms with Crippen LogP contribution < -0.4 is 0 Å². The van der Waals surface area contributed by atoms with Crippen LogP contribution in [0.1, 0.15) is 36.1 Å². The highest BCUT2D eigenvalue weighted by atomic mass is 32.2. The van der Waals surface area contributed by atoms with E-state index in [1.54, 1.807) is 0 Å². The summed E-state index contributed by atoms with van der Waals surface area (Å²) in [7, 11) is 0. The maximum atomic E-state index is 11.1. The lowest BCUT2D eigenvalue weighted by Gasteiger charge is -2.10.